The molecule has 0 atom stereocenters. The lowest BCUT2D eigenvalue weighted by Gasteiger charge is -2.09. The maximum absolute atomic E-state index is 5.63. The van der Waals surface area contributed by atoms with Gasteiger partial charge in [0.05, 0.1) is 12.9 Å². The fourth-order valence-corrected chi connectivity index (χ4v) is 3.38. The molecule has 0 saturated heterocycles. The molecule has 4 aromatic rings. The maximum atomic E-state index is 5.63. The number of rotatable bonds is 6. The second kappa shape index (κ2) is 7.53. The molecule has 3 aromatic heterocycles. The van der Waals surface area contributed by atoms with Crippen LogP contribution in [0.1, 0.15) is 11.5 Å². The maximum Gasteiger partial charge on any atom is 0.283 e. The topological polar surface area (TPSA) is 105 Å². The number of furan rings is 1. The number of hydrogen-bond donors (Lipinski definition) is 0. The van der Waals surface area contributed by atoms with Crippen molar-refractivity contribution in [1.82, 2.24) is 30.4 Å². The van der Waals surface area contributed by atoms with E-state index in [4.69, 9.17) is 13.6 Å². The Kier molecular flexibility index (Phi) is 4.94. The summed E-state index contributed by atoms with van der Waals surface area (Å²) in [5, 5.41) is 20.5. The van der Waals surface area contributed by atoms with Gasteiger partial charge in [0.2, 0.25) is 11.0 Å². The SMILES string of the molecule is COc1ccc(C)cc1-n1nnnc1SCc1nnc(-c2ccc(Br)o2)o1. The van der Waals surface area contributed by atoms with Crippen LogP contribution in [0.2, 0.25) is 0 Å². The van der Waals surface area contributed by atoms with E-state index >= 15 is 0 Å². The van der Waals surface area contributed by atoms with Crippen LogP contribution in [0.15, 0.2) is 49.0 Å². The van der Waals surface area contributed by atoms with Crippen LogP contribution in [0.5, 0.6) is 5.75 Å². The predicted molar refractivity (Wildman–Crippen MR) is 99.7 cm³/mol. The van der Waals surface area contributed by atoms with Gasteiger partial charge < -0.3 is 13.6 Å². The highest BCUT2D eigenvalue weighted by atomic mass is 79.9. The van der Waals surface area contributed by atoms with Crippen LogP contribution in [0.4, 0.5) is 0 Å². The van der Waals surface area contributed by atoms with Gasteiger partial charge in [0.1, 0.15) is 11.4 Å². The van der Waals surface area contributed by atoms with Crippen LogP contribution in [-0.4, -0.2) is 37.5 Å². The van der Waals surface area contributed by atoms with Gasteiger partial charge in [0, 0.05) is 0 Å². The van der Waals surface area contributed by atoms with E-state index in [0.717, 1.165) is 11.3 Å². The minimum absolute atomic E-state index is 0.316. The van der Waals surface area contributed by atoms with E-state index in [1.165, 1.54) is 11.8 Å². The van der Waals surface area contributed by atoms with Gasteiger partial charge in [-0.3, -0.25) is 0 Å². The van der Waals surface area contributed by atoms with Crippen molar-refractivity contribution in [2.24, 2.45) is 0 Å². The largest absolute Gasteiger partial charge is 0.494 e. The second-order valence-corrected chi connectivity index (χ2v) is 7.17. The summed E-state index contributed by atoms with van der Waals surface area (Å²) in [4.78, 5) is 0. The smallest absolute Gasteiger partial charge is 0.283 e. The molecule has 0 bridgehead atoms. The summed E-state index contributed by atoms with van der Waals surface area (Å²) in [6, 6.07) is 9.31. The summed E-state index contributed by atoms with van der Waals surface area (Å²) in [6.45, 7) is 1.99. The number of benzene rings is 1. The third kappa shape index (κ3) is 3.74. The fourth-order valence-electron chi connectivity index (χ4n) is 2.35. The van der Waals surface area contributed by atoms with Gasteiger partial charge in [-0.1, -0.05) is 17.8 Å². The molecule has 0 radical (unpaired) electrons. The lowest BCUT2D eigenvalue weighted by Crippen LogP contribution is -2.02. The number of halogens is 1. The van der Waals surface area contributed by atoms with Crippen molar-refractivity contribution in [2.45, 2.75) is 17.8 Å². The molecule has 9 nitrogen and oxygen atoms in total. The van der Waals surface area contributed by atoms with Crippen molar-refractivity contribution in [2.75, 3.05) is 7.11 Å². The average molecular weight is 449 g/mol. The quantitative estimate of drug-likeness (QED) is 0.408. The van der Waals surface area contributed by atoms with Gasteiger partial charge in [0.25, 0.3) is 5.89 Å². The molecule has 0 amide bonds. The molecule has 0 unspecified atom stereocenters. The summed E-state index contributed by atoms with van der Waals surface area (Å²) in [5.74, 6) is 2.34. The summed E-state index contributed by atoms with van der Waals surface area (Å²) in [6.07, 6.45) is 0. The van der Waals surface area contributed by atoms with E-state index in [0.29, 0.717) is 38.9 Å². The van der Waals surface area contributed by atoms with Crippen molar-refractivity contribution >= 4 is 27.7 Å². The van der Waals surface area contributed by atoms with Crippen LogP contribution < -0.4 is 4.74 Å². The Morgan fingerprint density at radius 2 is 2.04 bits per heavy atom. The van der Waals surface area contributed by atoms with Crippen molar-refractivity contribution in [1.29, 1.82) is 0 Å². The van der Waals surface area contributed by atoms with Crippen LogP contribution in [0.3, 0.4) is 0 Å². The van der Waals surface area contributed by atoms with Crippen LogP contribution in [-0.2, 0) is 5.75 Å². The number of tetrazole rings is 1. The van der Waals surface area contributed by atoms with Gasteiger partial charge in [-0.25, -0.2) is 0 Å². The summed E-state index contributed by atoms with van der Waals surface area (Å²) < 4.78 is 18.7. The van der Waals surface area contributed by atoms with E-state index in [2.05, 4.69) is 41.7 Å². The monoisotopic (exact) mass is 448 g/mol. The molecule has 0 saturated carbocycles. The number of aryl methyl sites for hydroxylation is 1. The first-order valence-electron chi connectivity index (χ1n) is 7.78. The Morgan fingerprint density at radius 3 is 2.81 bits per heavy atom. The number of thioether (sulfide) groups is 1. The third-order valence-corrected chi connectivity index (χ3v) is 4.91. The zero-order valence-corrected chi connectivity index (χ0v) is 16.7. The molecule has 0 N–H and O–H groups in total. The van der Waals surface area contributed by atoms with E-state index in [9.17, 15) is 0 Å². The highest BCUT2D eigenvalue weighted by Crippen LogP contribution is 2.29. The minimum atomic E-state index is 0.316. The standard InChI is InChI=1S/C16H13BrN6O3S/c1-9-3-4-11(24-2)10(7-9)23-16(20-21-22-23)27-8-14-18-19-15(26-14)12-5-6-13(17)25-12/h3-7H,8H2,1-2H3. The molecule has 0 aliphatic heterocycles. The van der Waals surface area contributed by atoms with E-state index in [-0.39, 0.29) is 0 Å². The molecular weight excluding hydrogens is 436 g/mol. The Hall–Kier alpha value is -2.66. The number of nitrogens with zero attached hydrogens (tertiary/aromatic N) is 6. The van der Waals surface area contributed by atoms with Crippen molar-refractivity contribution in [3.05, 3.63) is 46.5 Å². The molecule has 4 rings (SSSR count). The normalized spacial score (nSPS) is 11.1. The highest BCUT2D eigenvalue weighted by Gasteiger charge is 2.17. The molecular formula is C16H13BrN6O3S. The Bertz CT molecular complexity index is 1080. The molecule has 0 spiro atoms. The summed E-state index contributed by atoms with van der Waals surface area (Å²) in [5.41, 5.74) is 1.83. The third-order valence-electron chi connectivity index (χ3n) is 3.58. The van der Waals surface area contributed by atoms with Crippen molar-refractivity contribution < 1.29 is 13.6 Å². The first-order chi connectivity index (χ1) is 13.1. The van der Waals surface area contributed by atoms with Gasteiger partial charge in [0.15, 0.2) is 10.4 Å². The molecule has 138 valence electrons. The average Bonchev–Trinajstić information content (AvgIpc) is 3.40. The molecule has 3 heterocycles. The summed E-state index contributed by atoms with van der Waals surface area (Å²) in [7, 11) is 1.61. The second-order valence-electron chi connectivity index (χ2n) is 5.44. The highest BCUT2D eigenvalue weighted by molar-refractivity contribution is 9.10. The molecule has 0 aliphatic rings. The minimum Gasteiger partial charge on any atom is -0.494 e. The van der Waals surface area contributed by atoms with Gasteiger partial charge in [-0.15, -0.1) is 15.3 Å². The molecule has 0 fully saturated rings. The van der Waals surface area contributed by atoms with Gasteiger partial charge in [-0.05, 0) is 63.1 Å². The summed E-state index contributed by atoms with van der Waals surface area (Å²) >= 11 is 4.62. The number of ether oxygens (including phenoxy) is 1. The molecule has 1 aromatic carbocycles. The molecule has 27 heavy (non-hydrogen) atoms. The number of aromatic nitrogens is 6. The first-order valence-corrected chi connectivity index (χ1v) is 9.56. The van der Waals surface area contributed by atoms with E-state index in [1.54, 1.807) is 23.9 Å². The number of methoxy groups -OCH3 is 1. The zero-order chi connectivity index (χ0) is 18.8. The first kappa shape index (κ1) is 17.7. The van der Waals surface area contributed by atoms with Crippen LogP contribution in [0.25, 0.3) is 17.3 Å². The van der Waals surface area contributed by atoms with Gasteiger partial charge >= 0.3 is 0 Å². The molecule has 11 heteroatoms. The van der Waals surface area contributed by atoms with E-state index in [1.807, 2.05) is 25.1 Å². The predicted octanol–water partition coefficient (Wildman–Crippen LogP) is 3.68. The van der Waals surface area contributed by atoms with Crippen LogP contribution in [0, 0.1) is 6.92 Å². The van der Waals surface area contributed by atoms with E-state index < -0.39 is 0 Å². The van der Waals surface area contributed by atoms with Crippen LogP contribution >= 0.6 is 27.7 Å². The lowest BCUT2D eigenvalue weighted by molar-refractivity contribution is 0.410. The molecule has 0 aliphatic carbocycles. The van der Waals surface area contributed by atoms with Gasteiger partial charge in [-0.2, -0.15) is 4.68 Å². The Morgan fingerprint density at radius 1 is 1.15 bits per heavy atom. The fraction of sp³-hybridized carbons (Fsp3) is 0.188. The Balaban J connectivity index is 1.53. The number of hydrogen-bond acceptors (Lipinski definition) is 9. The Labute approximate surface area is 166 Å². The van der Waals surface area contributed by atoms with Crippen molar-refractivity contribution in [3.63, 3.8) is 0 Å². The lowest BCUT2D eigenvalue weighted by atomic mass is 10.2. The zero-order valence-electron chi connectivity index (χ0n) is 14.3. The van der Waals surface area contributed by atoms with Crippen molar-refractivity contribution in [3.8, 4) is 23.1 Å².